The summed E-state index contributed by atoms with van der Waals surface area (Å²) in [6.07, 6.45) is 0.872. The van der Waals surface area contributed by atoms with Gasteiger partial charge in [0.1, 0.15) is 0 Å². The third kappa shape index (κ3) is 2.61. The lowest BCUT2D eigenvalue weighted by molar-refractivity contribution is 0.446. The first-order valence-electron chi connectivity index (χ1n) is 6.13. The minimum Gasteiger partial charge on any atom is -0.367 e. The van der Waals surface area contributed by atoms with Crippen molar-refractivity contribution in [1.82, 2.24) is 5.32 Å². The Morgan fingerprint density at radius 2 is 1.94 bits per heavy atom. The Bertz CT molecular complexity index is 434. The van der Waals surface area contributed by atoms with Gasteiger partial charge in [-0.25, -0.2) is 13.2 Å². The summed E-state index contributed by atoms with van der Waals surface area (Å²) in [5.74, 6) is -3.64. The summed E-state index contributed by atoms with van der Waals surface area (Å²) in [6, 6.07) is 2.88. The van der Waals surface area contributed by atoms with Gasteiger partial charge in [-0.05, 0) is 18.6 Å². The van der Waals surface area contributed by atoms with Gasteiger partial charge in [0.25, 0.3) is 0 Å². The summed E-state index contributed by atoms with van der Waals surface area (Å²) in [5, 5.41) is 3.35. The van der Waals surface area contributed by atoms with E-state index in [0.717, 1.165) is 12.5 Å². The lowest BCUT2D eigenvalue weighted by atomic mass is 10.2. The van der Waals surface area contributed by atoms with Gasteiger partial charge in [-0.2, -0.15) is 0 Å². The lowest BCUT2D eigenvalue weighted by Crippen LogP contribution is -2.37. The van der Waals surface area contributed by atoms with Crippen LogP contribution in [0.3, 0.4) is 0 Å². The van der Waals surface area contributed by atoms with Crippen LogP contribution in [-0.4, -0.2) is 25.2 Å². The summed E-state index contributed by atoms with van der Waals surface area (Å²) in [6.45, 7) is 5.34. The molecule has 0 radical (unpaired) electrons. The fourth-order valence-electron chi connectivity index (χ4n) is 2.35. The van der Waals surface area contributed by atoms with Crippen LogP contribution in [0.4, 0.5) is 18.9 Å². The Balaban J connectivity index is 2.12. The maximum absolute atomic E-state index is 13.6. The number of halogens is 3. The Morgan fingerprint density at radius 1 is 1.22 bits per heavy atom. The second kappa shape index (κ2) is 5.18. The molecule has 5 heteroatoms. The van der Waals surface area contributed by atoms with Crippen LogP contribution in [0, 0.1) is 17.5 Å². The molecule has 1 atom stereocenters. The number of rotatable bonds is 3. The predicted octanol–water partition coefficient (Wildman–Crippen LogP) is 2.68. The molecular formula is C13H17F3N2. The predicted molar refractivity (Wildman–Crippen MR) is 65.2 cm³/mol. The van der Waals surface area contributed by atoms with E-state index < -0.39 is 17.5 Å². The fourth-order valence-corrected chi connectivity index (χ4v) is 2.35. The van der Waals surface area contributed by atoms with Crippen LogP contribution < -0.4 is 10.2 Å². The molecule has 1 N–H and O–H groups in total. The van der Waals surface area contributed by atoms with Crippen LogP contribution in [0.15, 0.2) is 12.1 Å². The van der Waals surface area contributed by atoms with Gasteiger partial charge in [0, 0.05) is 25.2 Å². The highest BCUT2D eigenvalue weighted by Gasteiger charge is 2.26. The number of anilines is 1. The third-order valence-corrected chi connectivity index (χ3v) is 3.11. The van der Waals surface area contributed by atoms with E-state index in [4.69, 9.17) is 0 Å². The van der Waals surface area contributed by atoms with Crippen LogP contribution in [0.25, 0.3) is 0 Å². The molecular weight excluding hydrogens is 241 g/mol. The minimum atomic E-state index is -1.40. The van der Waals surface area contributed by atoms with Gasteiger partial charge in [-0.3, -0.25) is 0 Å². The second-order valence-corrected chi connectivity index (χ2v) is 4.95. The van der Waals surface area contributed by atoms with E-state index in [9.17, 15) is 13.2 Å². The lowest BCUT2D eigenvalue weighted by Gasteiger charge is -2.21. The standard InChI is InChI=1S/C13H17F3N2/c1-8(2)17-9-5-6-18(7-9)11-4-3-10(14)12(15)13(11)16/h3-4,8-9,17H,5-7H2,1-2H3. The fraction of sp³-hybridized carbons (Fsp3) is 0.538. The molecule has 0 amide bonds. The topological polar surface area (TPSA) is 15.3 Å². The maximum Gasteiger partial charge on any atom is 0.196 e. The molecule has 1 fully saturated rings. The van der Waals surface area contributed by atoms with Gasteiger partial charge in [0.05, 0.1) is 5.69 Å². The highest BCUT2D eigenvalue weighted by Crippen LogP contribution is 2.26. The summed E-state index contributed by atoms with van der Waals surface area (Å²) in [7, 11) is 0. The van der Waals surface area contributed by atoms with E-state index in [0.29, 0.717) is 19.1 Å². The van der Waals surface area contributed by atoms with Crippen molar-refractivity contribution in [2.24, 2.45) is 0 Å². The summed E-state index contributed by atoms with van der Waals surface area (Å²) in [5.41, 5.74) is 0.141. The maximum atomic E-state index is 13.6. The number of hydrogen-bond donors (Lipinski definition) is 1. The van der Waals surface area contributed by atoms with Crippen molar-refractivity contribution in [3.63, 3.8) is 0 Å². The van der Waals surface area contributed by atoms with Gasteiger partial charge in [-0.15, -0.1) is 0 Å². The molecule has 1 aliphatic rings. The van der Waals surface area contributed by atoms with Gasteiger partial charge in [0.15, 0.2) is 17.5 Å². The van der Waals surface area contributed by atoms with E-state index in [1.807, 2.05) is 13.8 Å². The van der Waals surface area contributed by atoms with Gasteiger partial charge in [0.2, 0.25) is 0 Å². The molecule has 0 aromatic heterocycles. The summed E-state index contributed by atoms with van der Waals surface area (Å²) in [4.78, 5) is 1.75. The Kier molecular flexibility index (Phi) is 3.80. The van der Waals surface area contributed by atoms with Crippen LogP contribution in [0.2, 0.25) is 0 Å². The molecule has 0 spiro atoms. The smallest absolute Gasteiger partial charge is 0.196 e. The molecule has 2 rings (SSSR count). The van der Waals surface area contributed by atoms with E-state index in [1.54, 1.807) is 4.90 Å². The Morgan fingerprint density at radius 3 is 2.61 bits per heavy atom. The van der Waals surface area contributed by atoms with Crippen molar-refractivity contribution in [2.75, 3.05) is 18.0 Å². The van der Waals surface area contributed by atoms with E-state index >= 15 is 0 Å². The molecule has 1 aliphatic heterocycles. The normalized spacial score (nSPS) is 19.9. The SMILES string of the molecule is CC(C)NC1CCN(c2ccc(F)c(F)c2F)C1. The molecule has 18 heavy (non-hydrogen) atoms. The molecule has 1 unspecified atom stereocenters. The molecule has 0 bridgehead atoms. The molecule has 1 saturated heterocycles. The van der Waals surface area contributed by atoms with E-state index in [1.165, 1.54) is 6.07 Å². The van der Waals surface area contributed by atoms with Crippen molar-refractivity contribution in [3.05, 3.63) is 29.6 Å². The number of hydrogen-bond acceptors (Lipinski definition) is 2. The van der Waals surface area contributed by atoms with Crippen LogP contribution >= 0.6 is 0 Å². The number of benzene rings is 1. The quantitative estimate of drug-likeness (QED) is 0.839. The van der Waals surface area contributed by atoms with E-state index in [-0.39, 0.29) is 11.7 Å². The van der Waals surface area contributed by atoms with Crippen molar-refractivity contribution >= 4 is 5.69 Å². The third-order valence-electron chi connectivity index (χ3n) is 3.11. The first-order valence-corrected chi connectivity index (χ1v) is 6.13. The van der Waals surface area contributed by atoms with Crippen LogP contribution in [0.5, 0.6) is 0 Å². The highest BCUT2D eigenvalue weighted by molar-refractivity contribution is 5.49. The number of nitrogens with one attached hydrogen (secondary N) is 1. The minimum absolute atomic E-state index is 0.141. The first kappa shape index (κ1) is 13.2. The first-order chi connectivity index (χ1) is 8.49. The Hall–Kier alpha value is -1.23. The molecule has 100 valence electrons. The second-order valence-electron chi connectivity index (χ2n) is 4.95. The average Bonchev–Trinajstić information content (AvgIpc) is 2.73. The van der Waals surface area contributed by atoms with Crippen molar-refractivity contribution in [2.45, 2.75) is 32.4 Å². The largest absolute Gasteiger partial charge is 0.367 e. The number of nitrogens with zero attached hydrogens (tertiary/aromatic N) is 1. The zero-order chi connectivity index (χ0) is 13.3. The highest BCUT2D eigenvalue weighted by atomic mass is 19.2. The molecule has 1 heterocycles. The Labute approximate surface area is 105 Å². The zero-order valence-electron chi connectivity index (χ0n) is 10.5. The van der Waals surface area contributed by atoms with Crippen LogP contribution in [-0.2, 0) is 0 Å². The van der Waals surface area contributed by atoms with Gasteiger partial charge < -0.3 is 10.2 Å². The van der Waals surface area contributed by atoms with Gasteiger partial charge >= 0.3 is 0 Å². The molecule has 1 aromatic rings. The van der Waals surface area contributed by atoms with Crippen molar-refractivity contribution < 1.29 is 13.2 Å². The van der Waals surface area contributed by atoms with Gasteiger partial charge in [-0.1, -0.05) is 13.8 Å². The zero-order valence-corrected chi connectivity index (χ0v) is 10.5. The van der Waals surface area contributed by atoms with E-state index in [2.05, 4.69) is 5.32 Å². The summed E-state index contributed by atoms with van der Waals surface area (Å²) < 4.78 is 39.6. The van der Waals surface area contributed by atoms with Crippen molar-refractivity contribution in [1.29, 1.82) is 0 Å². The molecule has 1 aromatic carbocycles. The van der Waals surface area contributed by atoms with Crippen molar-refractivity contribution in [3.8, 4) is 0 Å². The monoisotopic (exact) mass is 258 g/mol. The molecule has 0 saturated carbocycles. The summed E-state index contributed by atoms with van der Waals surface area (Å²) >= 11 is 0. The molecule has 0 aliphatic carbocycles. The average molecular weight is 258 g/mol. The van der Waals surface area contributed by atoms with Crippen LogP contribution in [0.1, 0.15) is 20.3 Å². The molecule has 2 nitrogen and oxygen atoms in total.